The van der Waals surface area contributed by atoms with E-state index in [2.05, 4.69) is 66.3 Å². The quantitative estimate of drug-likeness (QED) is 0.327. The summed E-state index contributed by atoms with van der Waals surface area (Å²) in [5.74, 6) is 0.458. The fourth-order valence-corrected chi connectivity index (χ4v) is 2.97. The van der Waals surface area contributed by atoms with Gasteiger partial charge in [0.05, 0.1) is 11.4 Å². The highest BCUT2D eigenvalue weighted by Crippen LogP contribution is 2.29. The molecule has 0 spiro atoms. The van der Waals surface area contributed by atoms with Gasteiger partial charge in [-0.3, -0.25) is 4.99 Å². The molecule has 1 aliphatic carbocycles. The molecule has 0 fully saturated rings. The maximum Gasteiger partial charge on any atom is 0.0654 e. The highest BCUT2D eigenvalue weighted by molar-refractivity contribution is 6.06. The smallest absolute Gasteiger partial charge is 0.0654 e. The molecule has 0 saturated carbocycles. The Balaban J connectivity index is 3.52. The van der Waals surface area contributed by atoms with Crippen molar-refractivity contribution in [1.82, 2.24) is 0 Å². The summed E-state index contributed by atoms with van der Waals surface area (Å²) in [6, 6.07) is 0. The maximum absolute atomic E-state index is 5.25. The molecule has 0 aliphatic heterocycles. The van der Waals surface area contributed by atoms with Crippen LogP contribution in [0.4, 0.5) is 0 Å². The standard InChI is InChI=1S/C23H35N/c1-8-14-20(11-4)22(17(5)9-2)24-23(18(6)10-3)21-16-13-12-15-19(21)7/h8,14-16,18H,1,9-13H2,2-7H3/b20-14+,22-17+,24-23?. The molecule has 0 heterocycles. The first-order valence-corrected chi connectivity index (χ1v) is 9.47. The molecule has 0 aromatic carbocycles. The second-order valence-corrected chi connectivity index (χ2v) is 6.65. The van der Waals surface area contributed by atoms with Crippen LogP contribution in [0.25, 0.3) is 0 Å². The van der Waals surface area contributed by atoms with Gasteiger partial charge < -0.3 is 0 Å². The van der Waals surface area contributed by atoms with Gasteiger partial charge in [0.2, 0.25) is 0 Å². The van der Waals surface area contributed by atoms with E-state index in [-0.39, 0.29) is 0 Å². The Hall–Kier alpha value is -1.63. The molecule has 0 N–H and O–H groups in total. The van der Waals surface area contributed by atoms with Crippen molar-refractivity contribution in [1.29, 1.82) is 0 Å². The maximum atomic E-state index is 5.25. The first-order valence-electron chi connectivity index (χ1n) is 9.47. The van der Waals surface area contributed by atoms with Crippen LogP contribution in [-0.2, 0) is 0 Å². The average Bonchev–Trinajstić information content (AvgIpc) is 2.61. The van der Waals surface area contributed by atoms with Crippen LogP contribution < -0.4 is 0 Å². The number of nitrogens with zero attached hydrogens (tertiary/aromatic N) is 1. The van der Waals surface area contributed by atoms with Crippen molar-refractivity contribution in [2.45, 2.75) is 73.6 Å². The van der Waals surface area contributed by atoms with E-state index in [1.165, 1.54) is 28.0 Å². The lowest BCUT2D eigenvalue weighted by Gasteiger charge is -2.22. The Kier molecular flexibility index (Phi) is 8.74. The molecule has 1 rings (SSSR count). The van der Waals surface area contributed by atoms with E-state index in [0.717, 1.165) is 37.8 Å². The average molecular weight is 326 g/mol. The van der Waals surface area contributed by atoms with Crippen LogP contribution in [0.15, 0.2) is 63.9 Å². The number of hydrogen-bond acceptors (Lipinski definition) is 1. The van der Waals surface area contributed by atoms with Gasteiger partial charge in [0.25, 0.3) is 0 Å². The summed E-state index contributed by atoms with van der Waals surface area (Å²) in [7, 11) is 0. The van der Waals surface area contributed by atoms with Crippen molar-refractivity contribution in [3.05, 3.63) is 58.9 Å². The van der Waals surface area contributed by atoms with Gasteiger partial charge in [0.1, 0.15) is 0 Å². The molecule has 132 valence electrons. The Morgan fingerprint density at radius 2 is 1.88 bits per heavy atom. The van der Waals surface area contributed by atoms with Gasteiger partial charge in [-0.1, -0.05) is 58.6 Å². The molecule has 1 atom stereocenters. The molecule has 1 aliphatic rings. The number of rotatable bonds is 8. The Bertz CT molecular complexity index is 594. The van der Waals surface area contributed by atoms with E-state index < -0.39 is 0 Å². The first-order chi connectivity index (χ1) is 11.5. The Morgan fingerprint density at radius 1 is 1.21 bits per heavy atom. The van der Waals surface area contributed by atoms with Crippen LogP contribution in [0.3, 0.4) is 0 Å². The van der Waals surface area contributed by atoms with Gasteiger partial charge in [-0.15, -0.1) is 0 Å². The monoisotopic (exact) mass is 325 g/mol. The van der Waals surface area contributed by atoms with Crippen LogP contribution in [0, 0.1) is 5.92 Å². The molecule has 24 heavy (non-hydrogen) atoms. The van der Waals surface area contributed by atoms with E-state index in [1.807, 2.05) is 6.08 Å². The van der Waals surface area contributed by atoms with E-state index in [4.69, 9.17) is 4.99 Å². The third kappa shape index (κ3) is 5.19. The third-order valence-corrected chi connectivity index (χ3v) is 4.92. The van der Waals surface area contributed by atoms with Crippen LogP contribution in [0.5, 0.6) is 0 Å². The zero-order valence-electron chi connectivity index (χ0n) is 16.6. The first kappa shape index (κ1) is 20.4. The Morgan fingerprint density at radius 3 is 2.38 bits per heavy atom. The van der Waals surface area contributed by atoms with Crippen molar-refractivity contribution in [3.8, 4) is 0 Å². The van der Waals surface area contributed by atoms with Gasteiger partial charge in [-0.05, 0) is 74.2 Å². The van der Waals surface area contributed by atoms with Crippen LogP contribution >= 0.6 is 0 Å². The van der Waals surface area contributed by atoms with Gasteiger partial charge in [-0.25, -0.2) is 0 Å². The molecule has 1 unspecified atom stereocenters. The molecular weight excluding hydrogens is 290 g/mol. The van der Waals surface area contributed by atoms with Crippen molar-refractivity contribution in [2.75, 3.05) is 0 Å². The van der Waals surface area contributed by atoms with Crippen molar-refractivity contribution >= 4 is 5.71 Å². The van der Waals surface area contributed by atoms with Crippen molar-refractivity contribution < 1.29 is 0 Å². The topological polar surface area (TPSA) is 12.4 Å². The Labute approximate surface area is 149 Å². The van der Waals surface area contributed by atoms with E-state index >= 15 is 0 Å². The highest BCUT2D eigenvalue weighted by atomic mass is 14.8. The van der Waals surface area contributed by atoms with Crippen LogP contribution in [-0.4, -0.2) is 5.71 Å². The summed E-state index contributed by atoms with van der Waals surface area (Å²) in [4.78, 5) is 5.25. The van der Waals surface area contributed by atoms with E-state index in [9.17, 15) is 0 Å². The molecule has 1 nitrogen and oxygen atoms in total. The second kappa shape index (κ2) is 10.3. The molecule has 0 aromatic rings. The van der Waals surface area contributed by atoms with Crippen molar-refractivity contribution in [2.24, 2.45) is 10.9 Å². The summed E-state index contributed by atoms with van der Waals surface area (Å²) < 4.78 is 0. The molecular formula is C23H35N. The molecule has 0 aromatic heterocycles. The zero-order chi connectivity index (χ0) is 18.1. The molecule has 0 amide bonds. The summed E-state index contributed by atoms with van der Waals surface area (Å²) in [5, 5.41) is 0. The summed E-state index contributed by atoms with van der Waals surface area (Å²) in [6.45, 7) is 17.3. The lowest BCUT2D eigenvalue weighted by Crippen LogP contribution is -2.16. The molecule has 0 saturated heterocycles. The van der Waals surface area contributed by atoms with E-state index in [1.54, 1.807) is 0 Å². The van der Waals surface area contributed by atoms with Gasteiger partial charge in [-0.2, -0.15) is 0 Å². The summed E-state index contributed by atoms with van der Waals surface area (Å²) in [5.41, 5.74) is 7.77. The zero-order valence-corrected chi connectivity index (χ0v) is 16.6. The van der Waals surface area contributed by atoms with Gasteiger partial charge >= 0.3 is 0 Å². The lowest BCUT2D eigenvalue weighted by atomic mass is 9.87. The third-order valence-electron chi connectivity index (χ3n) is 4.92. The minimum absolute atomic E-state index is 0.458. The number of aliphatic imine (C=N–C) groups is 1. The second-order valence-electron chi connectivity index (χ2n) is 6.65. The predicted molar refractivity (Wildman–Crippen MR) is 110 cm³/mol. The minimum Gasteiger partial charge on any atom is -0.252 e. The van der Waals surface area contributed by atoms with Gasteiger partial charge in [0, 0.05) is 0 Å². The fourth-order valence-electron chi connectivity index (χ4n) is 2.97. The summed E-state index contributed by atoms with van der Waals surface area (Å²) in [6.07, 6.45) is 14.1. The predicted octanol–water partition coefficient (Wildman–Crippen LogP) is 7.35. The van der Waals surface area contributed by atoms with Crippen LogP contribution in [0.1, 0.15) is 73.6 Å². The fraction of sp³-hybridized carbons (Fsp3) is 0.522. The summed E-state index contributed by atoms with van der Waals surface area (Å²) >= 11 is 0. The van der Waals surface area contributed by atoms with Gasteiger partial charge in [0.15, 0.2) is 0 Å². The molecule has 0 bridgehead atoms. The minimum atomic E-state index is 0.458. The molecule has 1 heteroatoms. The number of allylic oxidation sites excluding steroid dienone is 8. The largest absolute Gasteiger partial charge is 0.252 e. The van der Waals surface area contributed by atoms with Crippen LogP contribution in [0.2, 0.25) is 0 Å². The number of hydrogen-bond donors (Lipinski definition) is 0. The molecule has 0 radical (unpaired) electrons. The SMILES string of the molecule is C=C/C=C(CC)/C(N=C(C1=CCCC=C1C)C(C)CC)=C(/C)CC. The normalized spacial score (nSPS) is 18.6. The highest BCUT2D eigenvalue weighted by Gasteiger charge is 2.19. The van der Waals surface area contributed by atoms with Crippen molar-refractivity contribution in [3.63, 3.8) is 0 Å². The van der Waals surface area contributed by atoms with E-state index in [0.29, 0.717) is 5.92 Å². The lowest BCUT2D eigenvalue weighted by molar-refractivity contribution is 0.736.